The molecule has 39 heavy (non-hydrogen) atoms. The van der Waals surface area contributed by atoms with Gasteiger partial charge < -0.3 is 29.6 Å². The van der Waals surface area contributed by atoms with Crippen LogP contribution in [0.2, 0.25) is 0 Å². The Bertz CT molecular complexity index is 1160. The van der Waals surface area contributed by atoms with Crippen molar-refractivity contribution in [2.75, 3.05) is 34.0 Å². The lowest BCUT2D eigenvalue weighted by Crippen LogP contribution is -2.61. The predicted molar refractivity (Wildman–Crippen MR) is 138 cm³/mol. The van der Waals surface area contributed by atoms with Crippen molar-refractivity contribution in [1.82, 2.24) is 10.6 Å². The molecule has 1 amide bonds. The van der Waals surface area contributed by atoms with Gasteiger partial charge >= 0.3 is 6.36 Å². The third-order valence-corrected chi connectivity index (χ3v) is 8.52. The molecule has 0 radical (unpaired) electrons. The van der Waals surface area contributed by atoms with Crippen LogP contribution in [0.15, 0.2) is 48.5 Å². The summed E-state index contributed by atoms with van der Waals surface area (Å²) >= 11 is 0. The first kappa shape index (κ1) is 27.7. The minimum absolute atomic E-state index is 0.000967. The molecular formula is C29H35F3N2O5. The second-order valence-electron chi connectivity index (χ2n) is 10.7. The van der Waals surface area contributed by atoms with Crippen LogP contribution in [0.4, 0.5) is 13.2 Å². The van der Waals surface area contributed by atoms with Crippen molar-refractivity contribution in [3.8, 4) is 11.5 Å². The summed E-state index contributed by atoms with van der Waals surface area (Å²) in [6, 6.07) is 14.2. The molecule has 0 saturated carbocycles. The molecule has 0 aliphatic carbocycles. The molecule has 3 fully saturated rings. The van der Waals surface area contributed by atoms with Gasteiger partial charge in [0.05, 0.1) is 30.8 Å². The Labute approximate surface area is 226 Å². The highest BCUT2D eigenvalue weighted by Crippen LogP contribution is 2.59. The standard InChI is InChI=1S/C29H35F3N2O5/c1-36-14-6-13-33-26(35)23-17-28(20-7-4-3-5-8-20)27(12-11-24(23)34-28)16-19(18-38-27)22-15-21(39-29(30,31)32)9-10-25(22)37-2/h3-5,7-10,15,19,23-24,34H,6,11-14,16-18H2,1-2H3,(H,33,35). The predicted octanol–water partition coefficient (Wildman–Crippen LogP) is 4.66. The maximum absolute atomic E-state index is 13.3. The number of amides is 1. The molecule has 3 saturated heterocycles. The second kappa shape index (κ2) is 11.0. The molecule has 0 aromatic heterocycles. The van der Waals surface area contributed by atoms with Gasteiger partial charge in [-0.05, 0) is 55.9 Å². The SMILES string of the molecule is COCCCNC(=O)C1CC2(c3ccccc3)NC1CCC21CC(c2cc(OC(F)(F)F)ccc2OC)CO1. The van der Waals surface area contributed by atoms with Crippen LogP contribution < -0.4 is 20.1 Å². The van der Waals surface area contributed by atoms with Gasteiger partial charge in [-0.15, -0.1) is 13.2 Å². The van der Waals surface area contributed by atoms with E-state index in [9.17, 15) is 18.0 Å². The van der Waals surface area contributed by atoms with Gasteiger partial charge in [-0.1, -0.05) is 30.3 Å². The summed E-state index contributed by atoms with van der Waals surface area (Å²) in [7, 11) is 3.14. The molecule has 2 N–H and O–H groups in total. The number of hydrogen-bond acceptors (Lipinski definition) is 6. The fourth-order valence-electron chi connectivity index (χ4n) is 6.84. The van der Waals surface area contributed by atoms with E-state index in [2.05, 4.69) is 27.5 Å². The van der Waals surface area contributed by atoms with Crippen molar-refractivity contribution in [3.63, 3.8) is 0 Å². The van der Waals surface area contributed by atoms with Gasteiger partial charge in [-0.25, -0.2) is 0 Å². The number of fused-ring (bicyclic) bond motifs is 3. The third kappa shape index (κ3) is 5.34. The van der Waals surface area contributed by atoms with Crippen LogP contribution in [0.25, 0.3) is 0 Å². The summed E-state index contributed by atoms with van der Waals surface area (Å²) < 4.78 is 60.4. The average molecular weight is 549 g/mol. The molecule has 5 rings (SSSR count). The van der Waals surface area contributed by atoms with Crippen molar-refractivity contribution in [2.45, 2.75) is 61.6 Å². The quantitative estimate of drug-likeness (QED) is 0.444. The minimum Gasteiger partial charge on any atom is -0.496 e. The molecule has 5 unspecified atom stereocenters. The van der Waals surface area contributed by atoms with Crippen LogP contribution in [0.5, 0.6) is 11.5 Å². The minimum atomic E-state index is -4.79. The smallest absolute Gasteiger partial charge is 0.496 e. The zero-order chi connectivity index (χ0) is 27.7. The normalized spacial score (nSPS) is 29.9. The number of methoxy groups -OCH3 is 2. The van der Waals surface area contributed by atoms with E-state index in [1.807, 2.05) is 18.2 Å². The number of carbonyl (C=O) groups excluding carboxylic acids is 1. The molecule has 212 valence electrons. The number of carbonyl (C=O) groups is 1. The second-order valence-corrected chi connectivity index (χ2v) is 10.7. The largest absolute Gasteiger partial charge is 0.573 e. The van der Waals surface area contributed by atoms with Gasteiger partial charge in [0.2, 0.25) is 5.91 Å². The molecule has 7 nitrogen and oxygen atoms in total. The lowest BCUT2D eigenvalue weighted by molar-refractivity contribution is -0.274. The monoisotopic (exact) mass is 548 g/mol. The highest BCUT2D eigenvalue weighted by Gasteiger charge is 2.65. The van der Waals surface area contributed by atoms with E-state index in [1.165, 1.54) is 25.3 Å². The Kier molecular flexibility index (Phi) is 7.81. The Morgan fingerprint density at radius 3 is 2.67 bits per heavy atom. The van der Waals surface area contributed by atoms with Crippen molar-refractivity contribution in [2.24, 2.45) is 5.92 Å². The summed E-state index contributed by atoms with van der Waals surface area (Å²) in [5, 5.41) is 6.89. The van der Waals surface area contributed by atoms with Crippen molar-refractivity contribution >= 4 is 5.91 Å². The summed E-state index contributed by atoms with van der Waals surface area (Å²) in [5.41, 5.74) is 0.401. The van der Waals surface area contributed by atoms with E-state index in [1.54, 1.807) is 7.11 Å². The Hall–Kier alpha value is -2.82. The molecular weight excluding hydrogens is 513 g/mol. The number of piperidine rings is 1. The zero-order valence-corrected chi connectivity index (χ0v) is 22.2. The zero-order valence-electron chi connectivity index (χ0n) is 22.2. The van der Waals surface area contributed by atoms with Crippen molar-refractivity contribution in [3.05, 3.63) is 59.7 Å². The fraction of sp³-hybridized carbons (Fsp3) is 0.552. The maximum atomic E-state index is 13.3. The summed E-state index contributed by atoms with van der Waals surface area (Å²) in [6.45, 7) is 1.45. The molecule has 3 aliphatic heterocycles. The highest BCUT2D eigenvalue weighted by molar-refractivity contribution is 5.80. The van der Waals surface area contributed by atoms with Crippen LogP contribution in [-0.2, 0) is 19.8 Å². The van der Waals surface area contributed by atoms with Gasteiger partial charge in [0.15, 0.2) is 0 Å². The maximum Gasteiger partial charge on any atom is 0.573 e. The summed E-state index contributed by atoms with van der Waals surface area (Å²) in [6.07, 6.45) is -1.43. The van der Waals surface area contributed by atoms with Crippen LogP contribution >= 0.6 is 0 Å². The van der Waals surface area contributed by atoms with E-state index < -0.39 is 17.5 Å². The number of hydrogen-bond donors (Lipinski definition) is 2. The van der Waals surface area contributed by atoms with Crippen LogP contribution in [0.1, 0.15) is 49.1 Å². The first-order valence-corrected chi connectivity index (χ1v) is 13.4. The van der Waals surface area contributed by atoms with Crippen LogP contribution in [-0.4, -0.2) is 57.9 Å². The lowest BCUT2D eigenvalue weighted by atomic mass is 9.67. The summed E-state index contributed by atoms with van der Waals surface area (Å²) in [5.74, 6) is -0.215. The van der Waals surface area contributed by atoms with Gasteiger partial charge in [0.1, 0.15) is 11.5 Å². The Balaban J connectivity index is 1.45. The van der Waals surface area contributed by atoms with E-state index >= 15 is 0 Å². The first-order chi connectivity index (χ1) is 18.7. The number of halogens is 3. The van der Waals surface area contributed by atoms with Gasteiger partial charge in [0, 0.05) is 37.8 Å². The van der Waals surface area contributed by atoms with E-state index in [0.29, 0.717) is 43.9 Å². The Morgan fingerprint density at radius 1 is 1.15 bits per heavy atom. The molecule has 3 aliphatic rings. The summed E-state index contributed by atoms with van der Waals surface area (Å²) in [4.78, 5) is 13.3. The van der Waals surface area contributed by atoms with E-state index in [4.69, 9.17) is 14.2 Å². The first-order valence-electron chi connectivity index (χ1n) is 13.4. The number of alkyl halides is 3. The van der Waals surface area contributed by atoms with Gasteiger partial charge in [-0.2, -0.15) is 0 Å². The van der Waals surface area contributed by atoms with Crippen molar-refractivity contribution in [1.29, 1.82) is 0 Å². The van der Waals surface area contributed by atoms with E-state index in [-0.39, 0.29) is 29.5 Å². The fourth-order valence-corrected chi connectivity index (χ4v) is 6.84. The number of ether oxygens (including phenoxy) is 4. The molecule has 10 heteroatoms. The molecule has 2 aromatic rings. The number of rotatable bonds is 9. The van der Waals surface area contributed by atoms with Crippen LogP contribution in [0.3, 0.4) is 0 Å². The van der Waals surface area contributed by atoms with Gasteiger partial charge in [-0.3, -0.25) is 4.79 Å². The number of benzene rings is 2. The van der Waals surface area contributed by atoms with Crippen molar-refractivity contribution < 1.29 is 36.9 Å². The molecule has 3 heterocycles. The average Bonchev–Trinajstić information content (AvgIpc) is 3.50. The molecule has 1 spiro atoms. The third-order valence-electron chi connectivity index (χ3n) is 8.52. The molecule has 2 aromatic carbocycles. The van der Waals surface area contributed by atoms with Gasteiger partial charge in [0.25, 0.3) is 0 Å². The topological polar surface area (TPSA) is 78.1 Å². The molecule has 2 bridgehead atoms. The Morgan fingerprint density at radius 2 is 1.95 bits per heavy atom. The molecule has 5 atom stereocenters. The number of nitrogens with one attached hydrogen (secondary N) is 2. The highest BCUT2D eigenvalue weighted by atomic mass is 19.4. The van der Waals surface area contributed by atoms with E-state index in [0.717, 1.165) is 24.8 Å². The lowest BCUT2D eigenvalue weighted by Gasteiger charge is -2.50. The van der Waals surface area contributed by atoms with Crippen LogP contribution in [0, 0.1) is 5.92 Å².